The number of nitrogens with one attached hydrogen (secondary N) is 1. The summed E-state index contributed by atoms with van der Waals surface area (Å²) in [5.41, 5.74) is 2.17. The van der Waals surface area contributed by atoms with Gasteiger partial charge < -0.3 is 9.64 Å². The van der Waals surface area contributed by atoms with E-state index in [1.54, 1.807) is 31.8 Å². The van der Waals surface area contributed by atoms with Gasteiger partial charge in [0.05, 0.1) is 19.1 Å². The van der Waals surface area contributed by atoms with Crippen molar-refractivity contribution in [2.45, 2.75) is 12.8 Å². The molecule has 0 atom stereocenters. The lowest BCUT2D eigenvalue weighted by atomic mass is 10.1. The minimum atomic E-state index is -3.34. The predicted octanol–water partition coefficient (Wildman–Crippen LogP) is 2.12. The number of hydrogen-bond acceptors (Lipinski definition) is 6. The van der Waals surface area contributed by atoms with Gasteiger partial charge in [0.25, 0.3) is 0 Å². The van der Waals surface area contributed by atoms with Crippen molar-refractivity contribution in [3.8, 4) is 16.9 Å². The lowest BCUT2D eigenvalue weighted by molar-refractivity contribution is 0.416. The number of hydrogen-bond donors (Lipinski definition) is 1. The number of rotatable bonds is 5. The molecule has 0 aliphatic carbocycles. The van der Waals surface area contributed by atoms with Crippen molar-refractivity contribution in [1.82, 2.24) is 9.97 Å². The number of anilines is 2. The molecule has 1 N–H and O–H groups in total. The standard InChI is InChI=1S/C16H20N4O3S/c1-23-15-9-12(19-24(2,21)22)5-6-13(15)14-10-17-11-18-16(14)20-7-3-4-8-20/h5-6,9-11,19H,3-4,7-8H2,1-2H3. The SMILES string of the molecule is COc1cc(NS(C)(=O)=O)ccc1-c1cncnc1N1CCCC1. The highest BCUT2D eigenvalue weighted by Gasteiger charge is 2.20. The Kier molecular flexibility index (Phi) is 4.57. The van der Waals surface area contributed by atoms with Crippen molar-refractivity contribution in [3.63, 3.8) is 0 Å². The molecule has 0 spiro atoms. The molecular weight excluding hydrogens is 328 g/mol. The molecule has 1 aromatic carbocycles. The third-order valence-electron chi connectivity index (χ3n) is 3.89. The molecular formula is C16H20N4O3S. The molecule has 2 aromatic rings. The summed E-state index contributed by atoms with van der Waals surface area (Å²) in [7, 11) is -1.78. The van der Waals surface area contributed by atoms with Gasteiger partial charge in [0.2, 0.25) is 10.0 Å². The van der Waals surface area contributed by atoms with E-state index >= 15 is 0 Å². The molecule has 1 aliphatic heterocycles. The molecule has 3 rings (SSSR count). The van der Waals surface area contributed by atoms with E-state index in [1.807, 2.05) is 6.07 Å². The average Bonchev–Trinajstić information content (AvgIpc) is 3.07. The molecule has 24 heavy (non-hydrogen) atoms. The molecule has 0 bridgehead atoms. The minimum absolute atomic E-state index is 0.456. The number of benzene rings is 1. The van der Waals surface area contributed by atoms with E-state index in [4.69, 9.17) is 4.74 Å². The Morgan fingerprint density at radius 3 is 2.62 bits per heavy atom. The number of ether oxygens (including phenoxy) is 1. The zero-order valence-corrected chi connectivity index (χ0v) is 14.5. The highest BCUT2D eigenvalue weighted by Crippen LogP contribution is 2.37. The third kappa shape index (κ3) is 3.59. The van der Waals surface area contributed by atoms with Crippen LogP contribution in [0.25, 0.3) is 11.1 Å². The van der Waals surface area contributed by atoms with Crippen LogP contribution in [-0.4, -0.2) is 44.8 Å². The summed E-state index contributed by atoms with van der Waals surface area (Å²) >= 11 is 0. The molecule has 0 unspecified atom stereocenters. The van der Waals surface area contributed by atoms with Crippen LogP contribution in [0.5, 0.6) is 5.75 Å². The molecule has 1 saturated heterocycles. The second-order valence-electron chi connectivity index (χ2n) is 5.74. The first-order chi connectivity index (χ1) is 11.5. The highest BCUT2D eigenvalue weighted by molar-refractivity contribution is 7.92. The van der Waals surface area contributed by atoms with Crippen LogP contribution in [0.4, 0.5) is 11.5 Å². The number of sulfonamides is 1. The zero-order valence-electron chi connectivity index (χ0n) is 13.7. The lowest BCUT2D eigenvalue weighted by Crippen LogP contribution is -2.20. The van der Waals surface area contributed by atoms with Crippen molar-refractivity contribution in [2.24, 2.45) is 0 Å². The van der Waals surface area contributed by atoms with Gasteiger partial charge in [-0.05, 0) is 25.0 Å². The third-order valence-corrected chi connectivity index (χ3v) is 4.50. The fourth-order valence-electron chi connectivity index (χ4n) is 2.89. The monoisotopic (exact) mass is 348 g/mol. The Morgan fingerprint density at radius 1 is 1.21 bits per heavy atom. The van der Waals surface area contributed by atoms with Crippen molar-refractivity contribution in [1.29, 1.82) is 0 Å². The second kappa shape index (κ2) is 6.64. The minimum Gasteiger partial charge on any atom is -0.496 e. The molecule has 128 valence electrons. The van der Waals surface area contributed by atoms with E-state index in [9.17, 15) is 8.42 Å². The van der Waals surface area contributed by atoms with Crippen LogP contribution in [0, 0.1) is 0 Å². The lowest BCUT2D eigenvalue weighted by Gasteiger charge is -2.20. The van der Waals surface area contributed by atoms with Crippen LogP contribution in [0.1, 0.15) is 12.8 Å². The fraction of sp³-hybridized carbons (Fsp3) is 0.375. The molecule has 2 heterocycles. The van der Waals surface area contributed by atoms with Crippen molar-refractivity contribution in [2.75, 3.05) is 36.1 Å². The Hall–Kier alpha value is -2.35. The van der Waals surface area contributed by atoms with E-state index < -0.39 is 10.0 Å². The van der Waals surface area contributed by atoms with Gasteiger partial charge in [0.1, 0.15) is 17.9 Å². The van der Waals surface area contributed by atoms with Crippen LogP contribution in [-0.2, 0) is 10.0 Å². The van der Waals surface area contributed by atoms with Crippen LogP contribution in [0.3, 0.4) is 0 Å². The number of aromatic nitrogens is 2. The van der Waals surface area contributed by atoms with Gasteiger partial charge in [0.15, 0.2) is 0 Å². The topological polar surface area (TPSA) is 84.4 Å². The van der Waals surface area contributed by atoms with Crippen LogP contribution >= 0.6 is 0 Å². The van der Waals surface area contributed by atoms with Gasteiger partial charge in [-0.2, -0.15) is 0 Å². The smallest absolute Gasteiger partial charge is 0.229 e. The fourth-order valence-corrected chi connectivity index (χ4v) is 3.44. The first-order valence-corrected chi connectivity index (χ1v) is 9.58. The summed E-state index contributed by atoms with van der Waals surface area (Å²) in [6.07, 6.45) is 6.73. The normalized spacial score (nSPS) is 14.7. The number of nitrogens with zero attached hydrogens (tertiary/aromatic N) is 3. The van der Waals surface area contributed by atoms with Gasteiger partial charge in [-0.15, -0.1) is 0 Å². The second-order valence-corrected chi connectivity index (χ2v) is 7.49. The van der Waals surface area contributed by atoms with Crippen molar-refractivity contribution >= 4 is 21.5 Å². The van der Waals surface area contributed by atoms with E-state index in [2.05, 4.69) is 19.6 Å². The molecule has 1 fully saturated rings. The molecule has 0 saturated carbocycles. The summed E-state index contributed by atoms with van der Waals surface area (Å²) in [6, 6.07) is 5.20. The largest absolute Gasteiger partial charge is 0.496 e. The van der Waals surface area contributed by atoms with Crippen LogP contribution in [0.2, 0.25) is 0 Å². The Balaban J connectivity index is 2.03. The molecule has 8 heteroatoms. The van der Waals surface area contributed by atoms with Crippen molar-refractivity contribution in [3.05, 3.63) is 30.7 Å². The van der Waals surface area contributed by atoms with Gasteiger partial charge >= 0.3 is 0 Å². The summed E-state index contributed by atoms with van der Waals surface area (Å²) in [5, 5.41) is 0. The van der Waals surface area contributed by atoms with Crippen LogP contribution < -0.4 is 14.4 Å². The maximum absolute atomic E-state index is 11.4. The van der Waals surface area contributed by atoms with Crippen molar-refractivity contribution < 1.29 is 13.2 Å². The molecule has 7 nitrogen and oxygen atoms in total. The molecule has 1 aromatic heterocycles. The van der Waals surface area contributed by atoms with Gasteiger partial charge in [-0.1, -0.05) is 0 Å². The van der Waals surface area contributed by atoms with Gasteiger partial charge in [0, 0.05) is 36.5 Å². The quantitative estimate of drug-likeness (QED) is 0.891. The van der Waals surface area contributed by atoms with E-state index in [0.29, 0.717) is 11.4 Å². The van der Waals surface area contributed by atoms with E-state index in [1.165, 1.54) is 0 Å². The Labute approximate surface area is 141 Å². The first kappa shape index (κ1) is 16.5. The Morgan fingerprint density at radius 2 is 1.96 bits per heavy atom. The Bertz CT molecular complexity index is 833. The summed E-state index contributed by atoms with van der Waals surface area (Å²) in [5.74, 6) is 1.45. The van der Waals surface area contributed by atoms with Crippen LogP contribution in [0.15, 0.2) is 30.7 Å². The average molecular weight is 348 g/mol. The maximum atomic E-state index is 11.4. The van der Waals surface area contributed by atoms with E-state index in [-0.39, 0.29) is 0 Å². The molecule has 0 radical (unpaired) electrons. The zero-order chi connectivity index (χ0) is 17.2. The van der Waals surface area contributed by atoms with Gasteiger partial charge in [-0.25, -0.2) is 18.4 Å². The highest BCUT2D eigenvalue weighted by atomic mass is 32.2. The maximum Gasteiger partial charge on any atom is 0.229 e. The summed E-state index contributed by atoms with van der Waals surface area (Å²) in [6.45, 7) is 1.94. The number of methoxy groups -OCH3 is 1. The van der Waals surface area contributed by atoms with E-state index in [0.717, 1.165) is 49.1 Å². The molecule has 1 aliphatic rings. The molecule has 0 amide bonds. The van der Waals surface area contributed by atoms with Gasteiger partial charge in [-0.3, -0.25) is 4.72 Å². The summed E-state index contributed by atoms with van der Waals surface area (Å²) in [4.78, 5) is 10.8. The first-order valence-electron chi connectivity index (χ1n) is 7.69. The summed E-state index contributed by atoms with van der Waals surface area (Å²) < 4.78 is 30.7. The predicted molar refractivity (Wildman–Crippen MR) is 93.9 cm³/mol.